The number of rotatable bonds is 8. The van der Waals surface area contributed by atoms with Crippen molar-refractivity contribution in [1.82, 2.24) is 15.2 Å². The molecule has 1 aromatic carbocycles. The number of benzene rings is 1. The molecule has 12 heteroatoms. The van der Waals surface area contributed by atoms with Gasteiger partial charge in [-0.05, 0) is 26.0 Å². The molecule has 31 heavy (non-hydrogen) atoms. The predicted molar refractivity (Wildman–Crippen MR) is 122 cm³/mol. The molecule has 2 aromatic heterocycles. The SMILES string of the molecule is CC(C)Oc1ncc(-c2nnc(-c3cc(F)c(OCC(N)CO)cc3Cl)s2)cc1Cl.Cl. The highest BCUT2D eigenvalue weighted by Crippen LogP contribution is 2.38. The summed E-state index contributed by atoms with van der Waals surface area (Å²) in [6, 6.07) is 3.62. The Morgan fingerprint density at radius 2 is 1.87 bits per heavy atom. The molecule has 0 saturated heterocycles. The van der Waals surface area contributed by atoms with Crippen molar-refractivity contribution in [3.8, 4) is 32.8 Å². The zero-order valence-corrected chi connectivity index (χ0v) is 19.7. The van der Waals surface area contributed by atoms with Gasteiger partial charge in [0, 0.05) is 23.4 Å². The van der Waals surface area contributed by atoms with Crippen molar-refractivity contribution in [2.75, 3.05) is 13.2 Å². The Hall–Kier alpha value is -1.75. The van der Waals surface area contributed by atoms with Gasteiger partial charge in [0.05, 0.1) is 23.8 Å². The highest BCUT2D eigenvalue weighted by atomic mass is 35.5. The summed E-state index contributed by atoms with van der Waals surface area (Å²) in [7, 11) is 0. The van der Waals surface area contributed by atoms with E-state index in [-0.39, 0.29) is 42.5 Å². The maximum Gasteiger partial charge on any atom is 0.232 e. The lowest BCUT2D eigenvalue weighted by molar-refractivity contribution is 0.202. The molecule has 3 aromatic rings. The second kappa shape index (κ2) is 11.2. The van der Waals surface area contributed by atoms with Gasteiger partial charge in [-0.2, -0.15) is 0 Å². The summed E-state index contributed by atoms with van der Waals surface area (Å²) in [5.41, 5.74) is 6.58. The van der Waals surface area contributed by atoms with Crippen LogP contribution in [0.25, 0.3) is 21.1 Å². The van der Waals surface area contributed by atoms with E-state index in [0.29, 0.717) is 32.0 Å². The van der Waals surface area contributed by atoms with Crippen LogP contribution in [0.5, 0.6) is 11.6 Å². The van der Waals surface area contributed by atoms with Crippen molar-refractivity contribution < 1.29 is 19.0 Å². The number of aliphatic hydroxyl groups is 1. The van der Waals surface area contributed by atoms with Gasteiger partial charge in [0.15, 0.2) is 11.6 Å². The summed E-state index contributed by atoms with van der Waals surface area (Å²) in [5, 5.41) is 18.7. The third-order valence-corrected chi connectivity index (χ3v) is 5.36. The van der Waals surface area contributed by atoms with Crippen LogP contribution in [0.1, 0.15) is 13.8 Å². The van der Waals surface area contributed by atoms with E-state index in [9.17, 15) is 4.39 Å². The molecule has 3 N–H and O–H groups in total. The first-order valence-electron chi connectivity index (χ1n) is 8.93. The maximum atomic E-state index is 14.4. The summed E-state index contributed by atoms with van der Waals surface area (Å²) >= 11 is 13.7. The molecule has 0 aliphatic carbocycles. The van der Waals surface area contributed by atoms with Gasteiger partial charge >= 0.3 is 0 Å². The topological polar surface area (TPSA) is 103 Å². The Morgan fingerprint density at radius 3 is 2.52 bits per heavy atom. The maximum absolute atomic E-state index is 14.4. The molecule has 3 rings (SSSR count). The number of nitrogens with two attached hydrogens (primary N) is 1. The average Bonchev–Trinajstić information content (AvgIpc) is 3.19. The molecule has 0 aliphatic heterocycles. The number of hydrogen-bond donors (Lipinski definition) is 2. The number of pyridine rings is 1. The minimum atomic E-state index is -0.629. The van der Waals surface area contributed by atoms with Crippen LogP contribution < -0.4 is 15.2 Å². The first kappa shape index (κ1) is 25.5. The Labute approximate surface area is 198 Å². The van der Waals surface area contributed by atoms with Crippen molar-refractivity contribution in [3.63, 3.8) is 0 Å². The van der Waals surface area contributed by atoms with Crippen molar-refractivity contribution in [2.24, 2.45) is 5.73 Å². The number of halogens is 4. The van der Waals surface area contributed by atoms with Crippen LogP contribution in [-0.2, 0) is 0 Å². The largest absolute Gasteiger partial charge is 0.489 e. The normalized spacial score (nSPS) is 11.9. The fraction of sp³-hybridized carbons (Fsp3) is 0.316. The molecular formula is C19H20Cl3FN4O3S. The summed E-state index contributed by atoms with van der Waals surface area (Å²) in [6.07, 6.45) is 1.52. The number of ether oxygens (including phenoxy) is 2. The Bertz CT molecular complexity index is 1040. The van der Waals surface area contributed by atoms with Gasteiger partial charge in [-0.1, -0.05) is 34.5 Å². The Balaban J connectivity index is 0.00000341. The molecule has 0 radical (unpaired) electrons. The molecule has 0 saturated carbocycles. The van der Waals surface area contributed by atoms with Crippen LogP contribution in [0.3, 0.4) is 0 Å². The van der Waals surface area contributed by atoms with Crippen molar-refractivity contribution >= 4 is 46.9 Å². The van der Waals surface area contributed by atoms with E-state index < -0.39 is 11.9 Å². The highest BCUT2D eigenvalue weighted by molar-refractivity contribution is 7.18. The molecule has 168 valence electrons. The number of aliphatic hydroxyl groups excluding tert-OH is 1. The van der Waals surface area contributed by atoms with Gasteiger partial charge in [-0.25, -0.2) is 9.37 Å². The fourth-order valence-corrected chi connectivity index (χ4v) is 3.72. The molecule has 1 unspecified atom stereocenters. The van der Waals surface area contributed by atoms with E-state index in [1.807, 2.05) is 13.8 Å². The number of hydrogen-bond acceptors (Lipinski definition) is 8. The van der Waals surface area contributed by atoms with Crippen molar-refractivity contribution in [3.05, 3.63) is 40.3 Å². The van der Waals surface area contributed by atoms with Crippen molar-refractivity contribution in [2.45, 2.75) is 26.0 Å². The van der Waals surface area contributed by atoms with Crippen molar-refractivity contribution in [1.29, 1.82) is 0 Å². The lowest BCUT2D eigenvalue weighted by atomic mass is 10.2. The van der Waals surface area contributed by atoms with Crippen LogP contribution in [0, 0.1) is 5.82 Å². The lowest BCUT2D eigenvalue weighted by Gasteiger charge is -2.12. The van der Waals surface area contributed by atoms with E-state index in [2.05, 4.69) is 15.2 Å². The quantitative estimate of drug-likeness (QED) is 0.456. The van der Waals surface area contributed by atoms with E-state index in [0.717, 1.165) is 0 Å². The highest BCUT2D eigenvalue weighted by Gasteiger charge is 2.17. The number of nitrogens with zero attached hydrogens (tertiary/aromatic N) is 3. The van der Waals surface area contributed by atoms with E-state index in [1.54, 1.807) is 12.3 Å². The van der Waals surface area contributed by atoms with Gasteiger partial charge < -0.3 is 20.3 Å². The van der Waals surface area contributed by atoms with Crippen LogP contribution >= 0.6 is 46.9 Å². The smallest absolute Gasteiger partial charge is 0.232 e. The Kier molecular flexibility index (Phi) is 9.23. The van der Waals surface area contributed by atoms with Crippen LogP contribution in [0.15, 0.2) is 24.4 Å². The second-order valence-electron chi connectivity index (χ2n) is 6.61. The van der Waals surface area contributed by atoms with Gasteiger partial charge in [-0.15, -0.1) is 22.6 Å². The zero-order chi connectivity index (χ0) is 21.8. The Morgan fingerprint density at radius 1 is 1.16 bits per heavy atom. The average molecular weight is 510 g/mol. The summed E-state index contributed by atoms with van der Waals surface area (Å²) in [6.45, 7) is 3.44. The molecule has 0 fully saturated rings. The molecule has 1 atom stereocenters. The molecule has 2 heterocycles. The minimum absolute atomic E-state index is 0. The van der Waals surface area contributed by atoms with Gasteiger partial charge in [-0.3, -0.25) is 0 Å². The first-order chi connectivity index (χ1) is 14.3. The molecule has 0 spiro atoms. The monoisotopic (exact) mass is 508 g/mol. The first-order valence-corrected chi connectivity index (χ1v) is 10.5. The standard InChI is InChI=1S/C19H19Cl2FN4O3S.ClH/c1-9(2)29-17-14(21)3-10(6-24-17)18-25-26-19(30-18)12-4-15(22)16(5-13(12)20)28-8-11(23)7-27;/h3-6,9,11,27H,7-8,23H2,1-2H3;1H. The second-order valence-corrected chi connectivity index (χ2v) is 8.40. The van der Waals surface area contributed by atoms with Crippen LogP contribution in [0.4, 0.5) is 4.39 Å². The third kappa shape index (κ3) is 6.38. The molecule has 0 bridgehead atoms. The van der Waals surface area contributed by atoms with E-state index >= 15 is 0 Å². The van der Waals surface area contributed by atoms with Gasteiger partial charge in [0.1, 0.15) is 21.6 Å². The zero-order valence-electron chi connectivity index (χ0n) is 16.5. The third-order valence-electron chi connectivity index (χ3n) is 3.77. The summed E-state index contributed by atoms with van der Waals surface area (Å²) in [5.74, 6) is -0.355. The molecule has 0 amide bonds. The molecular weight excluding hydrogens is 490 g/mol. The van der Waals surface area contributed by atoms with E-state index in [4.69, 9.17) is 43.5 Å². The van der Waals surface area contributed by atoms with Crippen LogP contribution in [0.2, 0.25) is 10.0 Å². The van der Waals surface area contributed by atoms with Gasteiger partial charge in [0.2, 0.25) is 5.88 Å². The number of aromatic nitrogens is 3. The molecule has 7 nitrogen and oxygen atoms in total. The minimum Gasteiger partial charge on any atom is -0.489 e. The fourth-order valence-electron chi connectivity index (χ4n) is 2.35. The van der Waals surface area contributed by atoms with E-state index in [1.165, 1.54) is 23.5 Å². The molecule has 0 aliphatic rings. The van der Waals surface area contributed by atoms with Crippen LogP contribution in [-0.4, -0.2) is 45.6 Å². The summed E-state index contributed by atoms with van der Waals surface area (Å²) in [4.78, 5) is 4.22. The predicted octanol–water partition coefficient (Wildman–Crippen LogP) is 4.62. The lowest BCUT2D eigenvalue weighted by Crippen LogP contribution is -2.31. The summed E-state index contributed by atoms with van der Waals surface area (Å²) < 4.78 is 25.2. The van der Waals surface area contributed by atoms with Gasteiger partial charge in [0.25, 0.3) is 0 Å².